The fraction of sp³-hybridized carbons (Fsp3) is 0.500. The fourth-order valence-electron chi connectivity index (χ4n) is 3.33. The van der Waals surface area contributed by atoms with Crippen molar-refractivity contribution < 1.29 is 4.79 Å². The van der Waals surface area contributed by atoms with E-state index in [-0.39, 0.29) is 5.91 Å². The Morgan fingerprint density at radius 1 is 1.08 bits per heavy atom. The van der Waals surface area contributed by atoms with Crippen molar-refractivity contribution in [3.63, 3.8) is 0 Å². The summed E-state index contributed by atoms with van der Waals surface area (Å²) in [4.78, 5) is 21.2. The predicted octanol–water partition coefficient (Wildman–Crippen LogP) is 1.38. The number of nitrogens with zero attached hydrogens (tertiary/aromatic N) is 4. The molecule has 0 bridgehead atoms. The van der Waals surface area contributed by atoms with Crippen molar-refractivity contribution in [3.8, 4) is 0 Å². The highest BCUT2D eigenvalue weighted by molar-refractivity contribution is 5.78. The normalized spacial score (nSPS) is 15.9. The Kier molecular flexibility index (Phi) is 6.80. The lowest BCUT2D eigenvalue weighted by Gasteiger charge is -2.34. The standard InChI is InChI=1S/C20H29N5O/c1-2-19-21-8-9-25(19)15-14-23-10-12-24(13-11-23)17-20(26)22-16-18-6-4-3-5-7-18/h3-9H,2,10-17H2,1H3,(H,22,26). The SMILES string of the molecule is CCc1nccn1CCN1CCN(CC(=O)NCc2ccccc2)CC1. The molecule has 1 aromatic heterocycles. The predicted molar refractivity (Wildman–Crippen MR) is 103 cm³/mol. The number of hydrogen-bond donors (Lipinski definition) is 1. The molecule has 0 radical (unpaired) electrons. The van der Waals surface area contributed by atoms with E-state index >= 15 is 0 Å². The Morgan fingerprint density at radius 2 is 1.81 bits per heavy atom. The number of nitrogens with one attached hydrogen (secondary N) is 1. The van der Waals surface area contributed by atoms with Gasteiger partial charge in [-0.05, 0) is 5.56 Å². The second kappa shape index (κ2) is 9.50. The van der Waals surface area contributed by atoms with Crippen LogP contribution in [0.4, 0.5) is 0 Å². The Morgan fingerprint density at radius 3 is 2.54 bits per heavy atom. The summed E-state index contributed by atoms with van der Waals surface area (Å²) in [5.74, 6) is 1.26. The minimum atomic E-state index is 0.105. The van der Waals surface area contributed by atoms with Crippen LogP contribution in [0, 0.1) is 0 Å². The van der Waals surface area contributed by atoms with Crippen molar-refractivity contribution in [2.24, 2.45) is 0 Å². The summed E-state index contributed by atoms with van der Waals surface area (Å²) in [6, 6.07) is 10.0. The van der Waals surface area contributed by atoms with Crippen LogP contribution >= 0.6 is 0 Å². The number of carbonyl (C=O) groups excluding carboxylic acids is 1. The van der Waals surface area contributed by atoms with Gasteiger partial charge < -0.3 is 9.88 Å². The van der Waals surface area contributed by atoms with Crippen molar-refractivity contribution >= 4 is 5.91 Å². The van der Waals surface area contributed by atoms with Crippen molar-refractivity contribution in [1.29, 1.82) is 0 Å². The molecule has 6 heteroatoms. The first-order valence-electron chi connectivity index (χ1n) is 9.50. The van der Waals surface area contributed by atoms with Gasteiger partial charge in [-0.15, -0.1) is 0 Å². The zero-order chi connectivity index (χ0) is 18.2. The monoisotopic (exact) mass is 355 g/mol. The van der Waals surface area contributed by atoms with E-state index in [4.69, 9.17) is 0 Å². The van der Waals surface area contributed by atoms with E-state index in [2.05, 4.69) is 37.8 Å². The number of rotatable bonds is 8. The number of aryl methyl sites for hydroxylation is 1. The van der Waals surface area contributed by atoms with Crippen molar-refractivity contribution in [3.05, 3.63) is 54.1 Å². The third-order valence-corrected chi connectivity index (χ3v) is 4.94. The molecule has 0 unspecified atom stereocenters. The van der Waals surface area contributed by atoms with E-state index in [1.165, 1.54) is 0 Å². The lowest BCUT2D eigenvalue weighted by Crippen LogP contribution is -2.49. The number of piperazine rings is 1. The Hall–Kier alpha value is -2.18. The summed E-state index contributed by atoms with van der Waals surface area (Å²) in [6.07, 6.45) is 4.91. The maximum absolute atomic E-state index is 12.1. The number of aromatic nitrogens is 2. The molecule has 1 saturated heterocycles. The highest BCUT2D eigenvalue weighted by atomic mass is 16.2. The molecular weight excluding hydrogens is 326 g/mol. The van der Waals surface area contributed by atoms with Gasteiger partial charge in [0, 0.05) is 64.6 Å². The maximum Gasteiger partial charge on any atom is 0.234 e. The number of benzene rings is 1. The first-order chi connectivity index (χ1) is 12.7. The van der Waals surface area contributed by atoms with Gasteiger partial charge in [0.05, 0.1) is 6.54 Å². The number of carbonyl (C=O) groups is 1. The average Bonchev–Trinajstić information content (AvgIpc) is 3.14. The second-order valence-electron chi connectivity index (χ2n) is 6.77. The van der Waals surface area contributed by atoms with Gasteiger partial charge in [-0.1, -0.05) is 37.3 Å². The molecule has 1 aromatic carbocycles. The molecule has 6 nitrogen and oxygen atoms in total. The first kappa shape index (κ1) is 18.6. The molecule has 140 valence electrons. The zero-order valence-electron chi connectivity index (χ0n) is 15.6. The molecule has 0 spiro atoms. The Bertz CT molecular complexity index is 677. The zero-order valence-corrected chi connectivity index (χ0v) is 15.6. The van der Waals surface area contributed by atoms with Gasteiger partial charge in [-0.25, -0.2) is 4.98 Å². The quantitative estimate of drug-likeness (QED) is 0.777. The largest absolute Gasteiger partial charge is 0.351 e. The molecule has 26 heavy (non-hydrogen) atoms. The van der Waals surface area contributed by atoms with Gasteiger partial charge in [-0.3, -0.25) is 14.6 Å². The van der Waals surface area contributed by atoms with E-state index in [1.54, 1.807) is 0 Å². The van der Waals surface area contributed by atoms with Gasteiger partial charge in [0.1, 0.15) is 5.82 Å². The van der Waals surface area contributed by atoms with Gasteiger partial charge >= 0.3 is 0 Å². The van der Waals surface area contributed by atoms with Crippen LogP contribution in [-0.4, -0.2) is 64.5 Å². The van der Waals surface area contributed by atoms with Crippen LogP contribution in [0.25, 0.3) is 0 Å². The Labute approximate surface area is 155 Å². The lowest BCUT2D eigenvalue weighted by molar-refractivity contribution is -0.122. The molecule has 2 heterocycles. The van der Waals surface area contributed by atoms with Crippen LogP contribution in [-0.2, 0) is 24.3 Å². The average molecular weight is 355 g/mol. The van der Waals surface area contributed by atoms with E-state index in [1.807, 2.05) is 36.5 Å². The summed E-state index contributed by atoms with van der Waals surface area (Å²) >= 11 is 0. The minimum absolute atomic E-state index is 0.105. The molecular formula is C20H29N5O. The van der Waals surface area contributed by atoms with Crippen LogP contribution in [0.3, 0.4) is 0 Å². The second-order valence-corrected chi connectivity index (χ2v) is 6.77. The number of imidazole rings is 1. The molecule has 1 amide bonds. The molecule has 0 aliphatic carbocycles. The molecule has 3 rings (SSSR count). The van der Waals surface area contributed by atoms with Crippen molar-refractivity contribution in [2.45, 2.75) is 26.4 Å². The van der Waals surface area contributed by atoms with Gasteiger partial charge in [0.15, 0.2) is 0 Å². The smallest absolute Gasteiger partial charge is 0.234 e. The van der Waals surface area contributed by atoms with Crippen LogP contribution in [0.5, 0.6) is 0 Å². The van der Waals surface area contributed by atoms with Crippen LogP contribution in [0.15, 0.2) is 42.7 Å². The molecule has 0 saturated carbocycles. The lowest BCUT2D eigenvalue weighted by atomic mass is 10.2. The van der Waals surface area contributed by atoms with E-state index in [0.717, 1.165) is 57.1 Å². The summed E-state index contributed by atoms with van der Waals surface area (Å²) in [7, 11) is 0. The summed E-state index contributed by atoms with van der Waals surface area (Å²) in [5, 5.41) is 3.01. The van der Waals surface area contributed by atoms with Gasteiger partial charge in [0.2, 0.25) is 5.91 Å². The van der Waals surface area contributed by atoms with Gasteiger partial charge in [0.25, 0.3) is 0 Å². The van der Waals surface area contributed by atoms with E-state index in [0.29, 0.717) is 13.1 Å². The van der Waals surface area contributed by atoms with Crippen LogP contribution < -0.4 is 5.32 Å². The molecule has 1 fully saturated rings. The van der Waals surface area contributed by atoms with Crippen molar-refractivity contribution in [2.75, 3.05) is 39.3 Å². The minimum Gasteiger partial charge on any atom is -0.351 e. The molecule has 1 aliphatic heterocycles. The highest BCUT2D eigenvalue weighted by Crippen LogP contribution is 2.04. The molecule has 2 aromatic rings. The van der Waals surface area contributed by atoms with E-state index in [9.17, 15) is 4.79 Å². The summed E-state index contributed by atoms with van der Waals surface area (Å²) in [5.41, 5.74) is 1.14. The summed E-state index contributed by atoms with van der Waals surface area (Å²) in [6.45, 7) is 9.18. The third-order valence-electron chi connectivity index (χ3n) is 4.94. The van der Waals surface area contributed by atoms with E-state index < -0.39 is 0 Å². The van der Waals surface area contributed by atoms with Gasteiger partial charge in [-0.2, -0.15) is 0 Å². The first-order valence-corrected chi connectivity index (χ1v) is 9.50. The topological polar surface area (TPSA) is 53.4 Å². The van der Waals surface area contributed by atoms with Crippen LogP contribution in [0.1, 0.15) is 18.3 Å². The molecule has 1 aliphatic rings. The Balaban J connectivity index is 1.34. The summed E-state index contributed by atoms with van der Waals surface area (Å²) < 4.78 is 2.24. The van der Waals surface area contributed by atoms with Crippen LogP contribution in [0.2, 0.25) is 0 Å². The number of amides is 1. The maximum atomic E-state index is 12.1. The van der Waals surface area contributed by atoms with Crippen molar-refractivity contribution in [1.82, 2.24) is 24.7 Å². The molecule has 0 atom stereocenters. The fourth-order valence-corrected chi connectivity index (χ4v) is 3.33. The molecule has 1 N–H and O–H groups in total. The number of hydrogen-bond acceptors (Lipinski definition) is 4. The third kappa shape index (κ3) is 5.41. The highest BCUT2D eigenvalue weighted by Gasteiger charge is 2.18.